The van der Waals surface area contributed by atoms with Crippen molar-refractivity contribution in [3.63, 3.8) is 0 Å². The highest BCUT2D eigenvalue weighted by Crippen LogP contribution is 2.36. The fourth-order valence-electron chi connectivity index (χ4n) is 0.992. The number of ether oxygens (including phenoxy) is 1. The minimum absolute atomic E-state index is 0.427. The van der Waals surface area contributed by atoms with Crippen LogP contribution in [0, 0.1) is 0 Å². The van der Waals surface area contributed by atoms with Crippen LogP contribution < -0.4 is 0 Å². The second-order valence-electron chi connectivity index (χ2n) is 2.62. The van der Waals surface area contributed by atoms with E-state index < -0.39 is 25.9 Å². The van der Waals surface area contributed by atoms with Gasteiger partial charge in [0.2, 0.25) is 0 Å². The van der Waals surface area contributed by atoms with E-state index in [4.69, 9.17) is 9.79 Å². The number of allylic oxidation sites excluding steroid dienone is 1. The molecule has 0 aromatic heterocycles. The molecule has 0 aromatic rings. The Morgan fingerprint density at radius 3 is 2.83 bits per heavy atom. The summed E-state index contributed by atoms with van der Waals surface area (Å²) in [6.45, 7) is 0. The van der Waals surface area contributed by atoms with Gasteiger partial charge in [-0.25, -0.2) is 4.39 Å². The van der Waals surface area contributed by atoms with Crippen molar-refractivity contribution in [2.45, 2.75) is 18.9 Å². The van der Waals surface area contributed by atoms with Crippen LogP contribution in [0.3, 0.4) is 0 Å². The molecule has 4 nitrogen and oxygen atoms in total. The molecule has 0 unspecified atom stereocenters. The molecule has 0 saturated carbocycles. The van der Waals surface area contributed by atoms with Crippen molar-refractivity contribution in [3.05, 3.63) is 11.9 Å². The van der Waals surface area contributed by atoms with Gasteiger partial charge >= 0.3 is 7.60 Å². The van der Waals surface area contributed by atoms with E-state index in [1.54, 1.807) is 0 Å². The van der Waals surface area contributed by atoms with Gasteiger partial charge in [0.15, 0.2) is 0 Å². The summed E-state index contributed by atoms with van der Waals surface area (Å²) < 4.78 is 27.6. The van der Waals surface area contributed by atoms with Gasteiger partial charge in [0.1, 0.15) is 18.3 Å². The van der Waals surface area contributed by atoms with Crippen molar-refractivity contribution < 1.29 is 23.5 Å². The summed E-state index contributed by atoms with van der Waals surface area (Å²) in [5.74, 6) is -0.427. The number of halogens is 1. The quantitative estimate of drug-likeness (QED) is 0.664. The maximum absolute atomic E-state index is 12.6. The fourth-order valence-corrected chi connectivity index (χ4v) is 1.37. The molecule has 0 saturated heterocycles. The molecule has 0 radical (unpaired) electrons. The summed E-state index contributed by atoms with van der Waals surface area (Å²) >= 11 is 0. The van der Waals surface area contributed by atoms with Crippen LogP contribution in [-0.2, 0) is 9.30 Å². The van der Waals surface area contributed by atoms with Crippen molar-refractivity contribution in [2.75, 3.05) is 6.35 Å². The van der Waals surface area contributed by atoms with Gasteiger partial charge in [-0.15, -0.1) is 0 Å². The van der Waals surface area contributed by atoms with Crippen LogP contribution in [0.2, 0.25) is 0 Å². The third kappa shape index (κ3) is 3.03. The van der Waals surface area contributed by atoms with E-state index >= 15 is 0 Å². The highest BCUT2D eigenvalue weighted by Gasteiger charge is 2.23. The molecule has 0 aromatic carbocycles. The first-order valence-electron chi connectivity index (χ1n) is 3.51. The zero-order valence-electron chi connectivity index (χ0n) is 6.31. The lowest BCUT2D eigenvalue weighted by molar-refractivity contribution is 0.0864. The lowest BCUT2D eigenvalue weighted by Crippen LogP contribution is -2.10. The van der Waals surface area contributed by atoms with Gasteiger partial charge in [0.25, 0.3) is 0 Å². The summed E-state index contributed by atoms with van der Waals surface area (Å²) in [5, 5.41) is 0. The number of rotatable bonds is 3. The first-order chi connectivity index (χ1) is 5.49. The number of hydrogen-bond donors (Lipinski definition) is 2. The fraction of sp³-hybridized carbons (Fsp3) is 0.667. The molecule has 0 spiro atoms. The Bertz CT molecular complexity index is 234. The predicted octanol–water partition coefficient (Wildman–Crippen LogP) is 1.15. The Labute approximate surface area is 69.2 Å². The summed E-state index contributed by atoms with van der Waals surface area (Å²) in [5.41, 5.74) is 0. The standard InChI is InChI=1S/C6H10FO4P/c7-5-2-1-3-6(5)11-4-12(8,9)10/h2,6H,1,3-4H2,(H2,8,9,10)/t6-/m1/s1. The van der Waals surface area contributed by atoms with Gasteiger partial charge in [0.05, 0.1) is 0 Å². The minimum atomic E-state index is -4.16. The molecule has 0 amide bonds. The average molecular weight is 196 g/mol. The van der Waals surface area contributed by atoms with Crippen LogP contribution in [0.25, 0.3) is 0 Å². The molecular formula is C6H10FO4P. The van der Waals surface area contributed by atoms with Crippen LogP contribution in [0.15, 0.2) is 11.9 Å². The molecule has 0 heterocycles. The third-order valence-corrected chi connectivity index (χ3v) is 2.01. The van der Waals surface area contributed by atoms with Gasteiger partial charge in [-0.05, 0) is 12.8 Å². The Morgan fingerprint density at radius 1 is 1.75 bits per heavy atom. The molecule has 1 aliphatic rings. The van der Waals surface area contributed by atoms with Gasteiger partial charge < -0.3 is 14.5 Å². The SMILES string of the molecule is O=P(O)(O)CO[C@@H]1CCC=C1F. The molecular weight excluding hydrogens is 186 g/mol. The van der Waals surface area contributed by atoms with Gasteiger partial charge in [-0.2, -0.15) is 0 Å². The van der Waals surface area contributed by atoms with Crippen LogP contribution in [0.1, 0.15) is 12.8 Å². The second kappa shape index (κ2) is 3.66. The highest BCUT2D eigenvalue weighted by molar-refractivity contribution is 7.51. The highest BCUT2D eigenvalue weighted by atomic mass is 31.2. The third-order valence-electron chi connectivity index (χ3n) is 1.52. The molecule has 1 aliphatic carbocycles. The average Bonchev–Trinajstić information content (AvgIpc) is 2.29. The van der Waals surface area contributed by atoms with Crippen molar-refractivity contribution in [3.8, 4) is 0 Å². The zero-order valence-corrected chi connectivity index (χ0v) is 7.21. The largest absolute Gasteiger partial charge is 0.358 e. The van der Waals surface area contributed by atoms with Crippen molar-refractivity contribution in [1.29, 1.82) is 0 Å². The maximum atomic E-state index is 12.6. The van der Waals surface area contributed by atoms with Gasteiger partial charge in [-0.3, -0.25) is 4.57 Å². The van der Waals surface area contributed by atoms with E-state index in [1.807, 2.05) is 0 Å². The predicted molar refractivity (Wildman–Crippen MR) is 40.2 cm³/mol. The normalized spacial score (nSPS) is 24.2. The van der Waals surface area contributed by atoms with E-state index in [0.29, 0.717) is 12.8 Å². The van der Waals surface area contributed by atoms with Gasteiger partial charge in [0, 0.05) is 0 Å². The molecule has 0 fully saturated rings. The van der Waals surface area contributed by atoms with Crippen molar-refractivity contribution in [1.82, 2.24) is 0 Å². The summed E-state index contributed by atoms with van der Waals surface area (Å²) in [4.78, 5) is 16.8. The van der Waals surface area contributed by atoms with E-state index in [2.05, 4.69) is 4.74 Å². The molecule has 1 rings (SSSR count). The smallest absolute Gasteiger partial charge is 0.351 e. The summed E-state index contributed by atoms with van der Waals surface area (Å²) in [6, 6.07) is 0. The Balaban J connectivity index is 2.34. The molecule has 0 aliphatic heterocycles. The lowest BCUT2D eigenvalue weighted by atomic mass is 10.3. The zero-order chi connectivity index (χ0) is 9.19. The monoisotopic (exact) mass is 196 g/mol. The minimum Gasteiger partial charge on any atom is -0.358 e. The van der Waals surface area contributed by atoms with Crippen LogP contribution >= 0.6 is 7.60 Å². The van der Waals surface area contributed by atoms with Crippen molar-refractivity contribution >= 4 is 7.60 Å². The van der Waals surface area contributed by atoms with Crippen LogP contribution in [0.4, 0.5) is 4.39 Å². The molecule has 1 atom stereocenters. The molecule has 2 N–H and O–H groups in total. The van der Waals surface area contributed by atoms with E-state index in [0.717, 1.165) is 0 Å². The van der Waals surface area contributed by atoms with E-state index in [-0.39, 0.29) is 0 Å². The van der Waals surface area contributed by atoms with Gasteiger partial charge in [-0.1, -0.05) is 6.08 Å². The first-order valence-corrected chi connectivity index (χ1v) is 5.30. The molecule has 12 heavy (non-hydrogen) atoms. The Morgan fingerprint density at radius 2 is 2.42 bits per heavy atom. The first kappa shape index (κ1) is 9.86. The lowest BCUT2D eigenvalue weighted by Gasteiger charge is -2.11. The van der Waals surface area contributed by atoms with Crippen LogP contribution in [0.5, 0.6) is 0 Å². The Kier molecular flexibility index (Phi) is 3.01. The molecule has 70 valence electrons. The number of hydrogen-bond acceptors (Lipinski definition) is 2. The van der Waals surface area contributed by atoms with E-state index in [1.165, 1.54) is 6.08 Å². The summed E-state index contributed by atoms with van der Waals surface area (Å²) in [7, 11) is -4.16. The Hall–Kier alpha value is -0.220. The van der Waals surface area contributed by atoms with Crippen LogP contribution in [-0.4, -0.2) is 22.2 Å². The maximum Gasteiger partial charge on any atom is 0.351 e. The molecule has 6 heteroatoms. The van der Waals surface area contributed by atoms with Crippen molar-refractivity contribution in [2.24, 2.45) is 0 Å². The topological polar surface area (TPSA) is 66.8 Å². The molecule has 0 bridgehead atoms. The summed E-state index contributed by atoms with van der Waals surface area (Å²) in [6.07, 6.45) is 0.935. The van der Waals surface area contributed by atoms with E-state index in [9.17, 15) is 8.96 Å². The second-order valence-corrected chi connectivity index (χ2v) is 4.20.